The molecule has 0 fully saturated rings. The van der Waals surface area contributed by atoms with Gasteiger partial charge >= 0.3 is 18.5 Å². The molecule has 3 aromatic rings. The molecule has 1 heterocycles. The van der Waals surface area contributed by atoms with E-state index >= 15 is 0 Å². The Hall–Kier alpha value is -4.10. The van der Waals surface area contributed by atoms with Crippen molar-refractivity contribution in [3.05, 3.63) is 82.4 Å². The number of nitrogens with one attached hydrogen (secondary N) is 1. The molecule has 1 N–H and O–H groups in total. The highest BCUT2D eigenvalue weighted by Crippen LogP contribution is 2.51. The number of halogens is 9. The number of amides is 1. The van der Waals surface area contributed by atoms with Crippen LogP contribution < -0.4 is 5.32 Å². The van der Waals surface area contributed by atoms with Gasteiger partial charge in [0, 0.05) is 23.1 Å². The molecule has 0 spiro atoms. The number of fused-ring (bicyclic) bond motifs is 1. The Kier molecular flexibility index (Phi) is 6.86. The van der Waals surface area contributed by atoms with E-state index in [0.717, 1.165) is 0 Å². The van der Waals surface area contributed by atoms with Gasteiger partial charge in [0.15, 0.2) is 0 Å². The Balaban J connectivity index is 1.84. The van der Waals surface area contributed by atoms with E-state index in [1.54, 1.807) is 0 Å². The summed E-state index contributed by atoms with van der Waals surface area (Å²) in [6.07, 6.45) is -17.1. The smallest absolute Gasteiger partial charge is 0.374 e. The van der Waals surface area contributed by atoms with Crippen LogP contribution in [-0.4, -0.2) is 30.6 Å². The Morgan fingerprint density at radius 3 is 2.03 bits per heavy atom. The highest BCUT2D eigenvalue weighted by atomic mass is 19.4. The van der Waals surface area contributed by atoms with Crippen LogP contribution in [0, 0.1) is 0 Å². The summed E-state index contributed by atoms with van der Waals surface area (Å²) < 4.78 is 123. The Bertz CT molecular complexity index is 1440. The van der Waals surface area contributed by atoms with Crippen LogP contribution in [0.3, 0.4) is 0 Å². The first kappa shape index (κ1) is 27.9. The van der Waals surface area contributed by atoms with Crippen molar-refractivity contribution in [3.8, 4) is 0 Å². The first-order chi connectivity index (χ1) is 18.1. The van der Waals surface area contributed by atoms with Gasteiger partial charge in [-0.25, -0.2) is 0 Å². The minimum absolute atomic E-state index is 0.00619. The number of hydrogen-bond donors (Lipinski definition) is 1. The average Bonchev–Trinajstić information content (AvgIpc) is 3.32. The number of benzene rings is 3. The summed E-state index contributed by atoms with van der Waals surface area (Å²) in [5.41, 5.74) is -9.32. The molecule has 0 aromatic heterocycles. The van der Waals surface area contributed by atoms with Crippen LogP contribution in [0.15, 0.2) is 59.8 Å². The maximum Gasteiger partial charge on any atom is 0.435 e. The van der Waals surface area contributed by atoms with Crippen LogP contribution in [0.2, 0.25) is 0 Å². The lowest BCUT2D eigenvalue weighted by Gasteiger charge is -2.30. The lowest BCUT2D eigenvalue weighted by molar-refractivity contribution is -0.276. The molecule has 1 atom stereocenters. The van der Waals surface area contributed by atoms with E-state index in [9.17, 15) is 49.1 Å². The SMILES string of the molecule is O=CCNC(=O)c1ccc(C2=NOC(c3cc(C(F)(F)F)cc(C(F)(F)F)c3)(C(F)(F)F)C2)c2ccccc12. The highest BCUT2D eigenvalue weighted by Gasteiger charge is 2.63. The Morgan fingerprint density at radius 1 is 0.897 bits per heavy atom. The Morgan fingerprint density at radius 2 is 1.49 bits per heavy atom. The minimum atomic E-state index is -5.49. The third kappa shape index (κ3) is 5.14. The molecule has 0 saturated carbocycles. The van der Waals surface area contributed by atoms with Gasteiger partial charge in [-0.05, 0) is 35.0 Å². The Labute approximate surface area is 213 Å². The van der Waals surface area contributed by atoms with Gasteiger partial charge in [-0.1, -0.05) is 35.5 Å². The van der Waals surface area contributed by atoms with Gasteiger partial charge in [-0.2, -0.15) is 39.5 Å². The van der Waals surface area contributed by atoms with Gasteiger partial charge in [0.2, 0.25) is 0 Å². The summed E-state index contributed by atoms with van der Waals surface area (Å²) >= 11 is 0. The lowest BCUT2D eigenvalue weighted by Crippen LogP contribution is -2.43. The first-order valence-electron chi connectivity index (χ1n) is 10.9. The molecule has 0 saturated heterocycles. The van der Waals surface area contributed by atoms with E-state index in [0.29, 0.717) is 6.29 Å². The minimum Gasteiger partial charge on any atom is -0.374 e. The third-order valence-corrected chi connectivity index (χ3v) is 6.07. The molecule has 1 unspecified atom stereocenters. The van der Waals surface area contributed by atoms with Gasteiger partial charge in [-0.3, -0.25) is 4.79 Å². The summed E-state index contributed by atoms with van der Waals surface area (Å²) in [6.45, 7) is -0.305. The summed E-state index contributed by atoms with van der Waals surface area (Å²) in [5, 5.41) is 6.22. The van der Waals surface area contributed by atoms with E-state index in [1.165, 1.54) is 36.4 Å². The van der Waals surface area contributed by atoms with Crippen LogP contribution in [0.1, 0.15) is 39.0 Å². The number of oxime groups is 1. The molecule has 1 amide bonds. The van der Waals surface area contributed by atoms with Crippen molar-refractivity contribution in [3.63, 3.8) is 0 Å². The number of hydrogen-bond acceptors (Lipinski definition) is 4. The van der Waals surface area contributed by atoms with Crippen molar-refractivity contribution in [1.29, 1.82) is 0 Å². The average molecular weight is 562 g/mol. The molecule has 1 aliphatic rings. The van der Waals surface area contributed by atoms with Crippen molar-refractivity contribution in [2.75, 3.05) is 6.54 Å². The molecular weight excluding hydrogens is 547 g/mol. The molecule has 39 heavy (non-hydrogen) atoms. The number of carbonyl (C=O) groups excluding carboxylic acids is 2. The van der Waals surface area contributed by atoms with Gasteiger partial charge in [-0.15, -0.1) is 0 Å². The number of carbonyl (C=O) groups is 2. The van der Waals surface area contributed by atoms with Crippen molar-refractivity contribution >= 4 is 28.7 Å². The highest BCUT2D eigenvalue weighted by molar-refractivity contribution is 6.16. The van der Waals surface area contributed by atoms with Crippen molar-refractivity contribution < 1.29 is 53.9 Å². The number of aldehydes is 1. The second kappa shape index (κ2) is 9.58. The summed E-state index contributed by atoms with van der Waals surface area (Å²) in [4.78, 5) is 27.7. The molecule has 1 aliphatic heterocycles. The molecular formula is C25H15F9N2O3. The maximum absolute atomic E-state index is 14.4. The zero-order valence-electron chi connectivity index (χ0n) is 19.3. The maximum atomic E-state index is 14.4. The van der Waals surface area contributed by atoms with E-state index < -0.39 is 58.9 Å². The fourth-order valence-corrected chi connectivity index (χ4v) is 4.21. The van der Waals surface area contributed by atoms with Gasteiger partial charge < -0.3 is 14.9 Å². The van der Waals surface area contributed by atoms with Gasteiger partial charge in [0.1, 0.15) is 6.29 Å². The molecule has 0 radical (unpaired) electrons. The monoisotopic (exact) mass is 562 g/mol. The molecule has 206 valence electrons. The fraction of sp³-hybridized carbons (Fsp3) is 0.240. The van der Waals surface area contributed by atoms with E-state index in [2.05, 4.69) is 15.3 Å². The van der Waals surface area contributed by atoms with E-state index in [1.807, 2.05) is 0 Å². The third-order valence-electron chi connectivity index (χ3n) is 6.07. The van der Waals surface area contributed by atoms with Crippen LogP contribution in [0.25, 0.3) is 10.8 Å². The second-order valence-electron chi connectivity index (χ2n) is 8.51. The summed E-state index contributed by atoms with van der Waals surface area (Å²) in [6, 6.07) is 8.01. The van der Waals surface area contributed by atoms with Crippen molar-refractivity contribution in [2.45, 2.75) is 30.6 Å². The zero-order valence-corrected chi connectivity index (χ0v) is 19.3. The normalized spacial score (nSPS) is 18.0. The quantitative estimate of drug-likeness (QED) is 0.290. The second-order valence-corrected chi connectivity index (χ2v) is 8.51. The summed E-state index contributed by atoms with van der Waals surface area (Å²) in [7, 11) is 0. The first-order valence-corrected chi connectivity index (χ1v) is 10.9. The zero-order chi connectivity index (χ0) is 28.8. The van der Waals surface area contributed by atoms with Crippen LogP contribution in [0.4, 0.5) is 39.5 Å². The number of rotatable bonds is 5. The topological polar surface area (TPSA) is 67.8 Å². The summed E-state index contributed by atoms with van der Waals surface area (Å²) in [5.74, 6) is -0.664. The number of nitrogens with zero attached hydrogens (tertiary/aromatic N) is 1. The van der Waals surface area contributed by atoms with Gasteiger partial charge in [0.25, 0.3) is 11.5 Å². The molecule has 0 aliphatic carbocycles. The molecule has 3 aromatic carbocycles. The van der Waals surface area contributed by atoms with Crippen molar-refractivity contribution in [2.24, 2.45) is 5.16 Å². The van der Waals surface area contributed by atoms with Crippen LogP contribution in [-0.2, 0) is 27.6 Å². The lowest BCUT2D eigenvalue weighted by atomic mass is 9.83. The molecule has 14 heteroatoms. The largest absolute Gasteiger partial charge is 0.435 e. The van der Waals surface area contributed by atoms with Crippen molar-refractivity contribution in [1.82, 2.24) is 5.32 Å². The van der Waals surface area contributed by atoms with Crippen LogP contribution in [0.5, 0.6) is 0 Å². The van der Waals surface area contributed by atoms with Gasteiger partial charge in [0.05, 0.1) is 23.4 Å². The molecule has 4 rings (SSSR count). The fourth-order valence-electron chi connectivity index (χ4n) is 4.21. The predicted octanol–water partition coefficient (Wildman–Crippen LogP) is 6.39. The molecule has 0 bridgehead atoms. The number of alkyl halides is 9. The van der Waals surface area contributed by atoms with Crippen LogP contribution >= 0.6 is 0 Å². The molecule has 5 nitrogen and oxygen atoms in total. The van der Waals surface area contributed by atoms with E-state index in [4.69, 9.17) is 0 Å². The standard InChI is InChI=1S/C25H15F9N2O3/c26-23(27,28)14-9-13(10-15(11-14)24(29,30)31)22(25(32,33)34)12-20(36-39-22)18-5-6-19(21(38)35-7-8-37)17-4-2-1-3-16(17)18/h1-6,8-11H,7,12H2,(H,35,38). The predicted molar refractivity (Wildman–Crippen MR) is 119 cm³/mol. The van der Waals surface area contributed by atoms with E-state index in [-0.39, 0.29) is 46.6 Å².